The van der Waals surface area contributed by atoms with E-state index in [9.17, 15) is 9.59 Å². The lowest BCUT2D eigenvalue weighted by atomic mass is 10.3. The summed E-state index contributed by atoms with van der Waals surface area (Å²) in [6, 6.07) is 0. The van der Waals surface area contributed by atoms with Crippen molar-refractivity contribution >= 4 is 11.9 Å². The molecule has 0 amide bonds. The molecule has 0 aromatic carbocycles. The summed E-state index contributed by atoms with van der Waals surface area (Å²) in [4.78, 5) is 24.0. The van der Waals surface area contributed by atoms with Crippen molar-refractivity contribution in [3.63, 3.8) is 0 Å². The molecule has 0 aromatic heterocycles. The molecule has 0 saturated heterocycles. The molecule has 0 fully saturated rings. The molecule has 0 radical (unpaired) electrons. The fourth-order valence-electron chi connectivity index (χ4n) is 1.26. The van der Waals surface area contributed by atoms with Crippen molar-refractivity contribution < 1.29 is 23.8 Å². The van der Waals surface area contributed by atoms with Crippen LogP contribution in [0.5, 0.6) is 0 Å². The van der Waals surface area contributed by atoms with Gasteiger partial charge < -0.3 is 14.2 Å². The van der Waals surface area contributed by atoms with Crippen LogP contribution in [0.15, 0.2) is 0 Å². The highest BCUT2D eigenvalue weighted by Gasteiger charge is 2.10. The number of carbonyl (C=O) groups is 2. The minimum atomic E-state index is -0.259. The van der Waals surface area contributed by atoms with E-state index in [1.54, 1.807) is 7.11 Å². The number of ether oxygens (including phenoxy) is 3. The molecule has 0 heterocycles. The highest BCUT2D eigenvalue weighted by molar-refractivity contribution is 5.70. The summed E-state index contributed by atoms with van der Waals surface area (Å²) in [5.74, 6) is -0.518. The van der Waals surface area contributed by atoms with Crippen LogP contribution in [0.1, 0.15) is 12.8 Å². The summed E-state index contributed by atoms with van der Waals surface area (Å²) < 4.78 is 14.1. The van der Waals surface area contributed by atoms with E-state index in [1.165, 1.54) is 14.2 Å². The van der Waals surface area contributed by atoms with Gasteiger partial charge in [0.2, 0.25) is 0 Å². The van der Waals surface area contributed by atoms with E-state index < -0.39 is 0 Å². The fraction of sp³-hybridized carbons (Fsp3) is 0.818. The van der Waals surface area contributed by atoms with Gasteiger partial charge in [0.25, 0.3) is 0 Å². The topological polar surface area (TPSA) is 65.1 Å². The van der Waals surface area contributed by atoms with Crippen molar-refractivity contribution in [1.82, 2.24) is 4.90 Å². The molecule has 0 aliphatic heterocycles. The van der Waals surface area contributed by atoms with E-state index in [1.807, 2.05) is 4.90 Å². The summed E-state index contributed by atoms with van der Waals surface area (Å²) in [6.07, 6.45) is 0.614. The molecule has 0 saturated carbocycles. The molecule has 0 atom stereocenters. The highest BCUT2D eigenvalue weighted by atomic mass is 16.5. The zero-order chi connectivity index (χ0) is 13.1. The zero-order valence-electron chi connectivity index (χ0n) is 10.7. The fourth-order valence-corrected chi connectivity index (χ4v) is 1.26. The first-order valence-corrected chi connectivity index (χ1v) is 5.49. The van der Waals surface area contributed by atoms with Crippen molar-refractivity contribution in [2.24, 2.45) is 0 Å². The molecule has 17 heavy (non-hydrogen) atoms. The number of rotatable bonds is 9. The van der Waals surface area contributed by atoms with Crippen LogP contribution in [0.4, 0.5) is 0 Å². The molecule has 100 valence electrons. The largest absolute Gasteiger partial charge is 0.469 e. The number of hydrogen-bond donors (Lipinski definition) is 0. The maximum absolute atomic E-state index is 11.0. The third kappa shape index (κ3) is 8.65. The Kier molecular flexibility index (Phi) is 9.37. The molecule has 0 aliphatic rings. The average Bonchev–Trinajstić information content (AvgIpc) is 2.36. The first kappa shape index (κ1) is 15.9. The predicted molar refractivity (Wildman–Crippen MR) is 61.6 cm³/mol. The Morgan fingerprint density at radius 2 is 1.35 bits per heavy atom. The lowest BCUT2D eigenvalue weighted by Gasteiger charge is -2.20. The van der Waals surface area contributed by atoms with Gasteiger partial charge in [0.05, 0.1) is 33.7 Å². The van der Waals surface area contributed by atoms with Crippen molar-refractivity contribution in [3.8, 4) is 0 Å². The maximum Gasteiger partial charge on any atom is 0.306 e. The second-order valence-corrected chi connectivity index (χ2v) is 3.49. The molecule has 0 unspecified atom stereocenters. The van der Waals surface area contributed by atoms with E-state index in [4.69, 9.17) is 4.74 Å². The minimum absolute atomic E-state index is 0.259. The monoisotopic (exact) mass is 247 g/mol. The van der Waals surface area contributed by atoms with Gasteiger partial charge in [0.15, 0.2) is 0 Å². The number of methoxy groups -OCH3 is 3. The predicted octanol–water partition coefficient (Wildman–Crippen LogP) is 0.0610. The third-order valence-corrected chi connectivity index (χ3v) is 2.33. The van der Waals surface area contributed by atoms with Gasteiger partial charge in [-0.25, -0.2) is 0 Å². The van der Waals surface area contributed by atoms with Crippen LogP contribution >= 0.6 is 0 Å². The maximum atomic E-state index is 11.0. The van der Waals surface area contributed by atoms with Gasteiger partial charge in [0.1, 0.15) is 0 Å². The van der Waals surface area contributed by atoms with Gasteiger partial charge in [-0.1, -0.05) is 0 Å². The van der Waals surface area contributed by atoms with E-state index in [0.717, 1.165) is 0 Å². The van der Waals surface area contributed by atoms with Crippen LogP contribution in [-0.2, 0) is 23.8 Å². The van der Waals surface area contributed by atoms with Crippen LogP contribution in [0, 0.1) is 0 Å². The highest BCUT2D eigenvalue weighted by Crippen LogP contribution is 1.97. The Morgan fingerprint density at radius 1 is 0.882 bits per heavy atom. The van der Waals surface area contributed by atoms with Crippen LogP contribution < -0.4 is 0 Å². The zero-order valence-corrected chi connectivity index (χ0v) is 10.7. The van der Waals surface area contributed by atoms with Crippen molar-refractivity contribution in [3.05, 3.63) is 0 Å². The molecule has 0 aromatic rings. The van der Waals surface area contributed by atoms with Crippen molar-refractivity contribution in [1.29, 1.82) is 0 Å². The SMILES string of the molecule is COCCN(CCC(=O)OC)CCC(=O)OC. The average molecular weight is 247 g/mol. The van der Waals surface area contributed by atoms with Crippen molar-refractivity contribution in [2.75, 3.05) is 47.6 Å². The van der Waals surface area contributed by atoms with Gasteiger partial charge in [-0.3, -0.25) is 14.5 Å². The van der Waals surface area contributed by atoms with Gasteiger partial charge in [-0.05, 0) is 0 Å². The standard InChI is InChI=1S/C11H21NO5/c1-15-9-8-12(6-4-10(13)16-2)7-5-11(14)17-3/h4-9H2,1-3H3. The molecule has 0 spiro atoms. The Morgan fingerprint density at radius 3 is 1.71 bits per heavy atom. The van der Waals surface area contributed by atoms with Crippen LogP contribution in [0.3, 0.4) is 0 Å². The van der Waals surface area contributed by atoms with Crippen molar-refractivity contribution in [2.45, 2.75) is 12.8 Å². The van der Waals surface area contributed by atoms with Gasteiger partial charge in [-0.2, -0.15) is 0 Å². The molecular formula is C11H21NO5. The summed E-state index contributed by atoms with van der Waals surface area (Å²) in [7, 11) is 4.32. The lowest BCUT2D eigenvalue weighted by Crippen LogP contribution is -2.32. The second kappa shape index (κ2) is 10.0. The Hall–Kier alpha value is -1.14. The van der Waals surface area contributed by atoms with E-state index >= 15 is 0 Å². The quantitative estimate of drug-likeness (QED) is 0.537. The van der Waals surface area contributed by atoms with E-state index in [2.05, 4.69) is 9.47 Å². The van der Waals surface area contributed by atoms with E-state index in [-0.39, 0.29) is 11.9 Å². The molecule has 0 bridgehead atoms. The number of nitrogens with zero attached hydrogens (tertiary/aromatic N) is 1. The second-order valence-electron chi connectivity index (χ2n) is 3.49. The van der Waals surface area contributed by atoms with Crippen LogP contribution in [0.25, 0.3) is 0 Å². The van der Waals surface area contributed by atoms with Gasteiger partial charge in [-0.15, -0.1) is 0 Å². The Labute approximate surface area is 102 Å². The molecular weight excluding hydrogens is 226 g/mol. The molecule has 6 heteroatoms. The minimum Gasteiger partial charge on any atom is -0.469 e. The normalized spacial score (nSPS) is 10.4. The summed E-state index contributed by atoms with van der Waals surface area (Å²) in [5.41, 5.74) is 0. The first-order chi connectivity index (χ1) is 8.13. The van der Waals surface area contributed by atoms with Crippen LogP contribution in [0.2, 0.25) is 0 Å². The smallest absolute Gasteiger partial charge is 0.306 e. The first-order valence-electron chi connectivity index (χ1n) is 5.49. The Balaban J connectivity index is 3.95. The number of esters is 2. The summed E-state index contributed by atoms with van der Waals surface area (Å²) in [5, 5.41) is 0. The third-order valence-electron chi connectivity index (χ3n) is 2.33. The summed E-state index contributed by atoms with van der Waals surface area (Å²) in [6.45, 7) is 2.33. The lowest BCUT2D eigenvalue weighted by molar-refractivity contribution is -0.141. The Bertz CT molecular complexity index is 212. The van der Waals surface area contributed by atoms with Gasteiger partial charge >= 0.3 is 11.9 Å². The molecule has 0 aliphatic carbocycles. The number of hydrogen-bond acceptors (Lipinski definition) is 6. The number of carbonyl (C=O) groups excluding carboxylic acids is 2. The summed E-state index contributed by atoms with van der Waals surface area (Å²) >= 11 is 0. The van der Waals surface area contributed by atoms with Gasteiger partial charge in [0, 0.05) is 26.7 Å². The van der Waals surface area contributed by atoms with E-state index in [0.29, 0.717) is 39.1 Å². The molecule has 0 rings (SSSR count). The molecule has 0 N–H and O–H groups in total. The molecule has 6 nitrogen and oxygen atoms in total. The van der Waals surface area contributed by atoms with Crippen LogP contribution in [-0.4, -0.2) is 64.4 Å².